The van der Waals surface area contributed by atoms with Gasteiger partial charge in [0.1, 0.15) is 0 Å². The first kappa shape index (κ1) is 10.9. The fraction of sp³-hybridized carbons (Fsp3) is 0.273. The zero-order chi connectivity index (χ0) is 10.5. The molecule has 15 heavy (non-hydrogen) atoms. The van der Waals surface area contributed by atoms with Gasteiger partial charge in [0.15, 0.2) is 0 Å². The van der Waals surface area contributed by atoms with Crippen molar-refractivity contribution in [1.29, 1.82) is 0 Å². The van der Waals surface area contributed by atoms with Crippen molar-refractivity contribution >= 4 is 26.1 Å². The van der Waals surface area contributed by atoms with E-state index in [1.54, 1.807) is 0 Å². The maximum absolute atomic E-state index is 5.67. The summed E-state index contributed by atoms with van der Waals surface area (Å²) in [4.78, 5) is 0. The molecule has 78 valence electrons. The Bertz CT molecular complexity index is 414. The van der Waals surface area contributed by atoms with E-state index in [1.165, 1.54) is 14.7 Å². The van der Waals surface area contributed by atoms with Crippen molar-refractivity contribution in [2.24, 2.45) is 0 Å². The summed E-state index contributed by atoms with van der Waals surface area (Å²) in [6, 6.07) is 10.4. The van der Waals surface area contributed by atoms with Crippen LogP contribution in [0.2, 0.25) is 0 Å². The minimum absolute atomic E-state index is 0.324. The van der Waals surface area contributed by atoms with Crippen molar-refractivity contribution in [2.75, 3.05) is 5.88 Å². The molecule has 2 nitrogen and oxygen atoms in total. The van der Waals surface area contributed by atoms with Crippen LogP contribution >= 0.6 is 11.6 Å². The molecule has 2 rings (SSSR count). The second-order valence-corrected chi connectivity index (χ2v) is 5.97. The Labute approximate surface area is 100 Å². The van der Waals surface area contributed by atoms with Gasteiger partial charge < -0.3 is 0 Å². The molecule has 0 aliphatic rings. The van der Waals surface area contributed by atoms with E-state index in [4.69, 9.17) is 11.6 Å². The molecule has 4 heteroatoms. The minimum atomic E-state index is 0.324. The Hall–Kier alpha value is -0.631. The van der Waals surface area contributed by atoms with E-state index >= 15 is 0 Å². The van der Waals surface area contributed by atoms with Crippen molar-refractivity contribution in [3.63, 3.8) is 0 Å². The van der Waals surface area contributed by atoms with Crippen LogP contribution in [0.3, 0.4) is 0 Å². The number of nitrogens with zero attached hydrogens (tertiary/aromatic N) is 2. The molecule has 0 amide bonds. The van der Waals surface area contributed by atoms with Crippen molar-refractivity contribution in [3.05, 3.63) is 45.0 Å². The first-order valence-electron chi connectivity index (χ1n) is 4.79. The first-order chi connectivity index (χ1) is 7.38. The van der Waals surface area contributed by atoms with E-state index < -0.39 is 0 Å². The van der Waals surface area contributed by atoms with E-state index in [2.05, 4.69) is 34.5 Å². The average Bonchev–Trinajstić information content (AvgIpc) is 2.68. The summed E-state index contributed by atoms with van der Waals surface area (Å²) in [6.45, 7) is 0. The summed E-state index contributed by atoms with van der Waals surface area (Å²) in [6.07, 6.45) is 1.81. The van der Waals surface area contributed by atoms with Gasteiger partial charge in [0.2, 0.25) is 0 Å². The second-order valence-electron chi connectivity index (χ2n) is 3.19. The predicted octanol–water partition coefficient (Wildman–Crippen LogP) is 1.91. The van der Waals surface area contributed by atoms with Crippen LogP contribution in [-0.4, -0.2) is 30.6 Å². The Kier molecular flexibility index (Phi) is 3.95. The molecule has 1 aromatic heterocycles. The number of rotatable bonds is 4. The Morgan fingerprint density at radius 2 is 1.80 bits per heavy atom. The SMILES string of the molecule is ClCCc1nnc(Cc2ccccc2)[se]1. The number of aryl methyl sites for hydroxylation is 1. The summed E-state index contributed by atoms with van der Waals surface area (Å²) in [5, 5.41) is 8.36. The van der Waals surface area contributed by atoms with Crippen LogP contribution in [0.4, 0.5) is 0 Å². The monoisotopic (exact) mass is 286 g/mol. The van der Waals surface area contributed by atoms with Crippen LogP contribution in [0.1, 0.15) is 14.7 Å². The third-order valence-corrected chi connectivity index (χ3v) is 4.27. The summed E-state index contributed by atoms with van der Waals surface area (Å²) in [5.74, 6) is 0.648. The normalized spacial score (nSPS) is 10.5. The Balaban J connectivity index is 2.05. The summed E-state index contributed by atoms with van der Waals surface area (Å²) in [5.41, 5.74) is 1.31. The molecule has 0 spiro atoms. The summed E-state index contributed by atoms with van der Waals surface area (Å²) in [7, 11) is 0. The van der Waals surface area contributed by atoms with E-state index in [-0.39, 0.29) is 0 Å². The van der Waals surface area contributed by atoms with E-state index in [9.17, 15) is 0 Å². The van der Waals surface area contributed by atoms with E-state index in [0.717, 1.165) is 12.8 Å². The Morgan fingerprint density at radius 3 is 2.53 bits per heavy atom. The summed E-state index contributed by atoms with van der Waals surface area (Å²) >= 11 is 5.99. The van der Waals surface area contributed by atoms with Crippen molar-refractivity contribution in [1.82, 2.24) is 10.2 Å². The molecule has 0 bridgehead atoms. The molecule has 0 aliphatic carbocycles. The zero-order valence-electron chi connectivity index (χ0n) is 8.19. The number of halogens is 1. The molecular formula is C11H11ClN2Se. The molecule has 0 saturated carbocycles. The van der Waals surface area contributed by atoms with Gasteiger partial charge in [-0.25, -0.2) is 0 Å². The van der Waals surface area contributed by atoms with Crippen LogP contribution in [0.5, 0.6) is 0 Å². The van der Waals surface area contributed by atoms with Crippen LogP contribution in [0.25, 0.3) is 0 Å². The molecule has 1 heterocycles. The van der Waals surface area contributed by atoms with Gasteiger partial charge in [0.05, 0.1) is 0 Å². The molecule has 1 aromatic carbocycles. The number of aromatic nitrogens is 2. The van der Waals surface area contributed by atoms with Crippen LogP contribution in [-0.2, 0) is 12.8 Å². The average molecular weight is 286 g/mol. The van der Waals surface area contributed by atoms with Crippen LogP contribution < -0.4 is 0 Å². The quantitative estimate of drug-likeness (QED) is 0.633. The van der Waals surface area contributed by atoms with Gasteiger partial charge in [-0.05, 0) is 0 Å². The first-order valence-corrected chi connectivity index (χ1v) is 7.04. The molecule has 0 radical (unpaired) electrons. The standard InChI is InChI=1S/C11H11ClN2Se/c12-7-6-10-13-14-11(15-10)8-9-4-2-1-3-5-9/h1-5H,6-8H2. The molecule has 0 saturated heterocycles. The van der Waals surface area contributed by atoms with E-state index in [1.807, 2.05) is 6.07 Å². The number of alkyl halides is 1. The van der Waals surface area contributed by atoms with Gasteiger partial charge in [-0.1, -0.05) is 0 Å². The molecular weight excluding hydrogens is 275 g/mol. The van der Waals surface area contributed by atoms with Crippen LogP contribution in [0, 0.1) is 0 Å². The number of hydrogen-bond acceptors (Lipinski definition) is 2. The molecule has 0 atom stereocenters. The van der Waals surface area contributed by atoms with Gasteiger partial charge in [0.25, 0.3) is 0 Å². The fourth-order valence-corrected chi connectivity index (χ4v) is 3.59. The fourth-order valence-electron chi connectivity index (χ4n) is 1.31. The maximum atomic E-state index is 5.67. The van der Waals surface area contributed by atoms with Crippen molar-refractivity contribution < 1.29 is 0 Å². The second kappa shape index (κ2) is 5.45. The van der Waals surface area contributed by atoms with Gasteiger partial charge in [-0.2, -0.15) is 0 Å². The van der Waals surface area contributed by atoms with Crippen LogP contribution in [0.15, 0.2) is 30.3 Å². The van der Waals surface area contributed by atoms with E-state index in [0.29, 0.717) is 20.4 Å². The topological polar surface area (TPSA) is 25.8 Å². The molecule has 0 fully saturated rings. The number of benzene rings is 1. The zero-order valence-corrected chi connectivity index (χ0v) is 10.7. The van der Waals surface area contributed by atoms with Crippen molar-refractivity contribution in [3.8, 4) is 0 Å². The predicted molar refractivity (Wildman–Crippen MR) is 62.6 cm³/mol. The summed E-state index contributed by atoms with van der Waals surface area (Å²) < 4.78 is 2.37. The van der Waals surface area contributed by atoms with Gasteiger partial charge in [-0.15, -0.1) is 0 Å². The molecule has 0 N–H and O–H groups in total. The third-order valence-electron chi connectivity index (χ3n) is 2.02. The third kappa shape index (κ3) is 3.16. The van der Waals surface area contributed by atoms with Crippen molar-refractivity contribution in [2.45, 2.75) is 12.8 Å². The van der Waals surface area contributed by atoms with Gasteiger partial charge in [-0.3, -0.25) is 0 Å². The number of hydrogen-bond donors (Lipinski definition) is 0. The molecule has 2 aromatic rings. The van der Waals surface area contributed by atoms with Gasteiger partial charge in [0, 0.05) is 0 Å². The molecule has 0 aliphatic heterocycles. The Morgan fingerprint density at radius 1 is 1.07 bits per heavy atom. The van der Waals surface area contributed by atoms with Gasteiger partial charge >= 0.3 is 100 Å². The molecule has 0 unspecified atom stereocenters.